The summed E-state index contributed by atoms with van der Waals surface area (Å²) in [5.41, 5.74) is 0. The van der Waals surface area contributed by atoms with Gasteiger partial charge in [0.1, 0.15) is 5.75 Å². The van der Waals surface area contributed by atoms with Crippen molar-refractivity contribution in [3.05, 3.63) is 24.3 Å². The lowest BCUT2D eigenvalue weighted by Crippen LogP contribution is -2.36. The van der Waals surface area contributed by atoms with E-state index in [0.717, 1.165) is 28.6 Å². The number of hydrogen-bond acceptors (Lipinski definition) is 5. The van der Waals surface area contributed by atoms with Gasteiger partial charge in [-0.2, -0.15) is 4.31 Å². The third-order valence-corrected chi connectivity index (χ3v) is 4.54. The van der Waals surface area contributed by atoms with Gasteiger partial charge in [0.05, 0.1) is 11.4 Å². The lowest BCUT2D eigenvalue weighted by molar-refractivity contribution is -0.274. The average molecular weight is 343 g/mol. The highest BCUT2D eigenvalue weighted by Crippen LogP contribution is 2.24. The Kier molecular flexibility index (Phi) is 6.17. The maximum Gasteiger partial charge on any atom is 0.573 e. The second-order valence-electron chi connectivity index (χ2n) is 4.21. The highest BCUT2D eigenvalue weighted by Gasteiger charge is 2.31. The minimum atomic E-state index is -4.83. The van der Waals surface area contributed by atoms with Gasteiger partial charge in [-0.25, -0.2) is 8.42 Å². The molecule has 126 valence electrons. The molecule has 0 aromatic heterocycles. The molecular weight excluding hydrogens is 327 g/mol. The van der Waals surface area contributed by atoms with Crippen LogP contribution in [0.3, 0.4) is 0 Å². The normalized spacial score (nSPS) is 12.9. The van der Waals surface area contributed by atoms with Gasteiger partial charge in [0.25, 0.3) is 0 Å². The zero-order chi connectivity index (χ0) is 17.0. The molecule has 0 N–H and O–H groups in total. The number of alkyl halides is 3. The molecule has 1 rings (SSSR count). The molecule has 0 saturated carbocycles. The summed E-state index contributed by atoms with van der Waals surface area (Å²) in [6.07, 6.45) is -5.59. The van der Waals surface area contributed by atoms with E-state index in [1.807, 2.05) is 0 Å². The Hall–Kier alpha value is -1.36. The largest absolute Gasteiger partial charge is 0.573 e. The van der Waals surface area contributed by atoms with E-state index in [0.29, 0.717) is 0 Å². The first-order valence-electron chi connectivity index (χ1n) is 5.98. The lowest BCUT2D eigenvalue weighted by Gasteiger charge is -2.22. The number of rotatable bonds is 7. The average Bonchev–Trinajstić information content (AvgIpc) is 2.43. The van der Waals surface area contributed by atoms with Crippen LogP contribution in [0, 0.1) is 0 Å². The molecule has 0 amide bonds. The first kappa shape index (κ1) is 18.7. The third kappa shape index (κ3) is 5.13. The lowest BCUT2D eigenvalue weighted by atomic mass is 10.3. The van der Waals surface area contributed by atoms with Crippen molar-refractivity contribution < 1.29 is 35.8 Å². The fraction of sp³-hybridized carbons (Fsp3) is 0.500. The van der Waals surface area contributed by atoms with Crippen molar-refractivity contribution in [1.29, 1.82) is 0 Å². The summed E-state index contributed by atoms with van der Waals surface area (Å²) in [7, 11) is 0.146. The molecule has 0 heterocycles. The van der Waals surface area contributed by atoms with Crippen molar-refractivity contribution in [2.45, 2.75) is 17.5 Å². The number of ether oxygens (including phenoxy) is 3. The number of hydrogen-bond donors (Lipinski definition) is 0. The quantitative estimate of drug-likeness (QED) is 0.707. The van der Waals surface area contributed by atoms with Crippen LogP contribution in [0.5, 0.6) is 5.75 Å². The van der Waals surface area contributed by atoms with E-state index in [1.54, 1.807) is 0 Å². The Balaban J connectivity index is 2.89. The number of benzene rings is 1. The molecule has 0 saturated heterocycles. The van der Waals surface area contributed by atoms with Gasteiger partial charge in [-0.05, 0) is 24.3 Å². The van der Waals surface area contributed by atoms with Crippen LogP contribution in [-0.2, 0) is 19.5 Å². The summed E-state index contributed by atoms with van der Waals surface area (Å²) in [5, 5.41) is 0. The number of nitrogens with zero attached hydrogens (tertiary/aromatic N) is 1. The Morgan fingerprint density at radius 2 is 1.64 bits per heavy atom. The summed E-state index contributed by atoms with van der Waals surface area (Å²) < 4.78 is 75.1. The highest BCUT2D eigenvalue weighted by molar-refractivity contribution is 7.89. The maximum atomic E-state index is 12.2. The second-order valence-corrected chi connectivity index (χ2v) is 6.25. The standard InChI is InChI=1S/C12H16F3NO5S/c1-16(8-11(19-2)20-3)22(17,18)10-6-4-9(5-7-10)21-12(13,14)15/h4-7,11H,8H2,1-3H3. The van der Waals surface area contributed by atoms with Crippen molar-refractivity contribution in [3.63, 3.8) is 0 Å². The minimum absolute atomic E-state index is 0.0733. The summed E-state index contributed by atoms with van der Waals surface area (Å²) >= 11 is 0. The topological polar surface area (TPSA) is 65.1 Å². The van der Waals surface area contributed by atoms with E-state index >= 15 is 0 Å². The molecule has 0 aliphatic heterocycles. The van der Waals surface area contributed by atoms with Crippen molar-refractivity contribution in [2.75, 3.05) is 27.8 Å². The third-order valence-electron chi connectivity index (χ3n) is 2.70. The van der Waals surface area contributed by atoms with Crippen LogP contribution >= 0.6 is 0 Å². The Morgan fingerprint density at radius 3 is 2.05 bits per heavy atom. The smallest absolute Gasteiger partial charge is 0.406 e. The van der Waals surface area contributed by atoms with E-state index in [-0.39, 0.29) is 11.4 Å². The summed E-state index contributed by atoms with van der Waals surface area (Å²) in [5.74, 6) is -0.499. The van der Waals surface area contributed by atoms with Gasteiger partial charge in [0.15, 0.2) is 6.29 Å². The summed E-state index contributed by atoms with van der Waals surface area (Å²) in [6, 6.07) is 3.92. The first-order valence-corrected chi connectivity index (χ1v) is 7.42. The van der Waals surface area contributed by atoms with Crippen molar-refractivity contribution in [2.24, 2.45) is 0 Å². The van der Waals surface area contributed by atoms with Crippen molar-refractivity contribution in [1.82, 2.24) is 4.31 Å². The molecule has 0 radical (unpaired) electrons. The molecule has 6 nitrogen and oxygen atoms in total. The van der Waals surface area contributed by atoms with Gasteiger partial charge >= 0.3 is 6.36 Å². The molecular formula is C12H16F3NO5S. The van der Waals surface area contributed by atoms with Crippen LogP contribution in [0.2, 0.25) is 0 Å². The van der Waals surface area contributed by atoms with Crippen molar-refractivity contribution in [3.8, 4) is 5.75 Å². The number of methoxy groups -OCH3 is 2. The van der Waals surface area contributed by atoms with Gasteiger partial charge in [0.2, 0.25) is 10.0 Å². The van der Waals surface area contributed by atoms with E-state index in [2.05, 4.69) is 4.74 Å². The van der Waals surface area contributed by atoms with Gasteiger partial charge in [-0.1, -0.05) is 0 Å². The Labute approximate surface area is 126 Å². The molecule has 0 fully saturated rings. The molecule has 0 aliphatic carbocycles. The maximum absolute atomic E-state index is 12.2. The second kappa shape index (κ2) is 7.27. The van der Waals surface area contributed by atoms with Crippen LogP contribution in [0.25, 0.3) is 0 Å². The monoisotopic (exact) mass is 343 g/mol. The summed E-state index contributed by atoms with van der Waals surface area (Å²) in [4.78, 5) is -0.171. The number of sulfonamides is 1. The predicted octanol–water partition coefficient (Wildman–Crippen LogP) is 1.82. The SMILES string of the molecule is COC(CN(C)S(=O)(=O)c1ccc(OC(F)(F)F)cc1)OC. The molecule has 1 aromatic rings. The zero-order valence-corrected chi connectivity index (χ0v) is 12.9. The fourth-order valence-corrected chi connectivity index (χ4v) is 2.70. The van der Waals surface area contributed by atoms with Crippen LogP contribution in [0.1, 0.15) is 0 Å². The van der Waals surface area contributed by atoms with Crippen LogP contribution < -0.4 is 4.74 Å². The summed E-state index contributed by atoms with van der Waals surface area (Å²) in [6.45, 7) is -0.0733. The van der Waals surface area contributed by atoms with E-state index < -0.39 is 28.4 Å². The van der Waals surface area contributed by atoms with E-state index in [4.69, 9.17) is 9.47 Å². The zero-order valence-electron chi connectivity index (χ0n) is 12.1. The molecule has 0 atom stereocenters. The molecule has 0 aliphatic rings. The van der Waals surface area contributed by atoms with Gasteiger partial charge < -0.3 is 14.2 Å². The minimum Gasteiger partial charge on any atom is -0.406 e. The van der Waals surface area contributed by atoms with Crippen LogP contribution in [-0.4, -0.2) is 53.2 Å². The highest BCUT2D eigenvalue weighted by atomic mass is 32.2. The Morgan fingerprint density at radius 1 is 1.14 bits per heavy atom. The van der Waals surface area contributed by atoms with Crippen molar-refractivity contribution >= 4 is 10.0 Å². The molecule has 10 heteroatoms. The van der Waals surface area contributed by atoms with Crippen LogP contribution in [0.15, 0.2) is 29.2 Å². The first-order chi connectivity index (χ1) is 10.1. The number of likely N-dealkylation sites (N-methyl/N-ethyl adjacent to an activating group) is 1. The molecule has 0 unspecified atom stereocenters. The molecule has 0 spiro atoms. The van der Waals surface area contributed by atoms with Gasteiger partial charge in [0, 0.05) is 21.3 Å². The number of halogens is 3. The van der Waals surface area contributed by atoms with Crippen LogP contribution in [0.4, 0.5) is 13.2 Å². The van der Waals surface area contributed by atoms with Gasteiger partial charge in [-0.3, -0.25) is 0 Å². The van der Waals surface area contributed by atoms with E-state index in [1.165, 1.54) is 21.3 Å². The fourth-order valence-electron chi connectivity index (χ4n) is 1.55. The molecule has 1 aromatic carbocycles. The van der Waals surface area contributed by atoms with E-state index in [9.17, 15) is 21.6 Å². The Bertz CT molecular complexity index is 569. The molecule has 22 heavy (non-hydrogen) atoms. The molecule has 0 bridgehead atoms. The predicted molar refractivity (Wildman–Crippen MR) is 70.7 cm³/mol. The van der Waals surface area contributed by atoms with Gasteiger partial charge in [-0.15, -0.1) is 13.2 Å².